The van der Waals surface area contributed by atoms with E-state index in [2.05, 4.69) is 0 Å². The molecular weight excluding hydrogens is 534 g/mol. The Morgan fingerprint density at radius 3 is 0.952 bits per heavy atom. The molecule has 0 saturated heterocycles. The summed E-state index contributed by atoms with van der Waals surface area (Å²) in [5.74, 6) is 0. The average Bonchev–Trinajstić information content (AvgIpc) is 2.40. The summed E-state index contributed by atoms with van der Waals surface area (Å²) in [5.41, 5.74) is 0. The molecule has 2 aromatic carbocycles. The van der Waals surface area contributed by atoms with Crippen LogP contribution in [0.5, 0.6) is 0 Å². The van der Waals surface area contributed by atoms with Gasteiger partial charge < -0.3 is 28.7 Å². The Hall–Kier alpha value is 0.0647. The summed E-state index contributed by atoms with van der Waals surface area (Å²) >= 11 is 0. The first-order valence-electron chi connectivity index (χ1n) is 5.36. The Labute approximate surface area is 154 Å². The number of hydrogen-bond donors (Lipinski definition) is 0. The van der Waals surface area contributed by atoms with Crippen molar-refractivity contribution in [1.29, 1.82) is 0 Å². The number of benzene rings is 2. The maximum atomic E-state index is 10.3. The van der Waals surface area contributed by atoms with Gasteiger partial charge in [-0.25, -0.2) is 0 Å². The van der Waals surface area contributed by atoms with Gasteiger partial charge in [-0.3, -0.25) is 0 Å². The van der Waals surface area contributed by atoms with Crippen molar-refractivity contribution < 1.29 is 68.6 Å². The van der Waals surface area contributed by atoms with Crippen LogP contribution in [0.15, 0.2) is 60.7 Å². The summed E-state index contributed by atoms with van der Waals surface area (Å²) in [5, 5.41) is -0.315. The maximum absolute atomic E-state index is 10.3. The smallest absolute Gasteiger partial charge is 0.807 e. The van der Waals surface area contributed by atoms with E-state index in [1.54, 1.807) is 12.1 Å². The average molecular weight is 544 g/mol. The predicted molar refractivity (Wildman–Crippen MR) is 67.4 cm³/mol. The molecule has 0 amide bonds. The van der Waals surface area contributed by atoms with E-state index in [0.29, 0.717) is 0 Å². The monoisotopic (exact) mass is 544 g/mol. The molecule has 0 N–H and O–H groups in total. The zero-order valence-corrected chi connectivity index (χ0v) is 16.5. The molecule has 0 atom stereocenters. The standard InChI is InChI=1S/2C6H7O3P.Th/c2*7-10(8,9)6-4-2-1-3-5-6;/h2*1-5H,(H2,7,8,9);/q;;+4/p-4. The molecule has 0 aliphatic heterocycles. The first-order valence-corrected chi connectivity index (χ1v) is 8.45. The third-order valence-corrected chi connectivity index (χ3v) is 4.01. The molecular formula is C12H10O6P2Th. The Kier molecular flexibility index (Phi) is 9.29. The predicted octanol–water partition coefficient (Wildman–Crippen LogP) is -1.55. The van der Waals surface area contributed by atoms with Gasteiger partial charge in [0.2, 0.25) is 0 Å². The molecule has 0 saturated carbocycles. The second-order valence-electron chi connectivity index (χ2n) is 3.67. The van der Waals surface area contributed by atoms with Gasteiger partial charge in [0.05, 0.1) is 0 Å². The fraction of sp³-hybridized carbons (Fsp3) is 0. The summed E-state index contributed by atoms with van der Waals surface area (Å²) in [6.45, 7) is 0. The van der Waals surface area contributed by atoms with Crippen LogP contribution >= 0.6 is 15.2 Å². The van der Waals surface area contributed by atoms with Crippen LogP contribution in [0.3, 0.4) is 0 Å². The van der Waals surface area contributed by atoms with Crippen LogP contribution in [0.25, 0.3) is 0 Å². The van der Waals surface area contributed by atoms with Gasteiger partial charge in [0.15, 0.2) is 0 Å². The molecule has 21 heavy (non-hydrogen) atoms. The van der Waals surface area contributed by atoms with Crippen molar-refractivity contribution in [2.75, 3.05) is 0 Å². The van der Waals surface area contributed by atoms with Crippen LogP contribution in [0.2, 0.25) is 0 Å². The van der Waals surface area contributed by atoms with Crippen molar-refractivity contribution in [2.24, 2.45) is 0 Å². The normalized spacial score (nSPS) is 10.9. The van der Waals surface area contributed by atoms with Crippen LogP contribution in [-0.2, 0) is 9.13 Å². The minimum absolute atomic E-state index is 0. The molecule has 0 aromatic heterocycles. The van der Waals surface area contributed by atoms with Gasteiger partial charge in [-0.15, -0.1) is 0 Å². The van der Waals surface area contributed by atoms with E-state index in [9.17, 15) is 28.7 Å². The van der Waals surface area contributed by atoms with E-state index in [-0.39, 0.29) is 50.5 Å². The van der Waals surface area contributed by atoms with Crippen molar-refractivity contribution in [1.82, 2.24) is 0 Å². The van der Waals surface area contributed by atoms with Gasteiger partial charge in [-0.1, -0.05) is 60.7 Å². The molecule has 6 nitrogen and oxygen atoms in total. The summed E-state index contributed by atoms with van der Waals surface area (Å²) in [7, 11) is -9.04. The second-order valence-corrected chi connectivity index (χ2v) is 6.69. The van der Waals surface area contributed by atoms with Crippen molar-refractivity contribution in [3.63, 3.8) is 0 Å². The fourth-order valence-corrected chi connectivity index (χ4v) is 2.30. The number of hydrogen-bond acceptors (Lipinski definition) is 6. The summed E-state index contributed by atoms with van der Waals surface area (Å²) in [6, 6.07) is 14.5. The molecule has 0 unspecified atom stereocenters. The quantitative estimate of drug-likeness (QED) is 0.422. The van der Waals surface area contributed by atoms with Crippen LogP contribution < -0.4 is 30.2 Å². The third-order valence-electron chi connectivity index (χ3n) is 2.14. The van der Waals surface area contributed by atoms with Gasteiger partial charge in [0, 0.05) is 0 Å². The molecule has 2 rings (SSSR count). The van der Waals surface area contributed by atoms with Crippen molar-refractivity contribution in [3.8, 4) is 0 Å². The Morgan fingerprint density at radius 2 is 0.810 bits per heavy atom. The van der Waals surface area contributed by atoms with Crippen LogP contribution in [0.1, 0.15) is 0 Å². The van der Waals surface area contributed by atoms with E-state index in [1.807, 2.05) is 0 Å². The Balaban J connectivity index is 0.000000364. The third kappa shape index (κ3) is 8.31. The molecule has 9 heteroatoms. The van der Waals surface area contributed by atoms with Crippen LogP contribution in [0, 0.1) is 39.9 Å². The van der Waals surface area contributed by atoms with Crippen LogP contribution in [-0.4, -0.2) is 0 Å². The topological polar surface area (TPSA) is 126 Å². The molecule has 0 spiro atoms. The van der Waals surface area contributed by atoms with E-state index in [0.717, 1.165) is 0 Å². The molecule has 2 aromatic rings. The molecule has 108 valence electrons. The fourth-order valence-electron chi connectivity index (χ4n) is 1.22. The molecule has 0 radical (unpaired) electrons. The van der Waals surface area contributed by atoms with Gasteiger partial charge >= 0.3 is 39.9 Å². The van der Waals surface area contributed by atoms with Gasteiger partial charge in [-0.2, -0.15) is 0 Å². The summed E-state index contributed by atoms with van der Waals surface area (Å²) in [6.07, 6.45) is 0. The zero-order chi connectivity index (χ0) is 15.2. The maximum Gasteiger partial charge on any atom is 4.00 e. The molecule has 0 fully saturated rings. The van der Waals surface area contributed by atoms with Gasteiger partial charge in [0.25, 0.3) is 0 Å². The van der Waals surface area contributed by atoms with Crippen LogP contribution in [0.4, 0.5) is 0 Å². The first-order chi connectivity index (χ1) is 9.21. The summed E-state index contributed by atoms with van der Waals surface area (Å²) in [4.78, 5) is 41.2. The second kappa shape index (κ2) is 9.26. The SMILES string of the molecule is O=P([O-])([O-])c1ccccc1.O=P([O-])([O-])c1ccccc1.[Th+4]. The molecule has 0 heterocycles. The summed E-state index contributed by atoms with van der Waals surface area (Å²) < 4.78 is 20.6. The van der Waals surface area contributed by atoms with Crippen molar-refractivity contribution >= 4 is 25.8 Å². The van der Waals surface area contributed by atoms with E-state index >= 15 is 0 Å². The van der Waals surface area contributed by atoms with E-state index < -0.39 is 15.2 Å². The minimum atomic E-state index is -4.52. The van der Waals surface area contributed by atoms with Crippen molar-refractivity contribution in [3.05, 3.63) is 60.7 Å². The molecule has 0 aliphatic rings. The van der Waals surface area contributed by atoms with E-state index in [4.69, 9.17) is 0 Å². The number of rotatable bonds is 2. The molecule has 0 aliphatic carbocycles. The van der Waals surface area contributed by atoms with Gasteiger partial charge in [-0.05, 0) is 25.8 Å². The minimum Gasteiger partial charge on any atom is -0.807 e. The van der Waals surface area contributed by atoms with Gasteiger partial charge in [0.1, 0.15) is 0 Å². The Morgan fingerprint density at radius 1 is 0.571 bits per heavy atom. The van der Waals surface area contributed by atoms with E-state index in [1.165, 1.54) is 48.5 Å². The zero-order valence-electron chi connectivity index (χ0n) is 10.6. The largest absolute Gasteiger partial charge is 4.00 e. The molecule has 0 bridgehead atoms. The first kappa shape index (κ1) is 21.1. The Bertz CT molecular complexity index is 565. The van der Waals surface area contributed by atoms with Crippen molar-refractivity contribution in [2.45, 2.75) is 0 Å².